The number of benzene rings is 1. The number of nitrogens with one attached hydrogen (secondary N) is 2. The van der Waals surface area contributed by atoms with Gasteiger partial charge in [-0.2, -0.15) is 0 Å². The van der Waals surface area contributed by atoms with E-state index in [-0.39, 0.29) is 17.8 Å². The van der Waals surface area contributed by atoms with Gasteiger partial charge in [0, 0.05) is 6.54 Å². The SMILES string of the molecule is CC1CCNC1C(=O)NCCc1cccc(F)c1. The molecular weight excluding hydrogens is 231 g/mol. The lowest BCUT2D eigenvalue weighted by Gasteiger charge is -2.15. The maximum Gasteiger partial charge on any atom is 0.237 e. The summed E-state index contributed by atoms with van der Waals surface area (Å²) in [5, 5.41) is 6.09. The Kier molecular flexibility index (Phi) is 4.31. The molecule has 1 aromatic rings. The molecule has 1 saturated heterocycles. The van der Waals surface area contributed by atoms with E-state index < -0.39 is 0 Å². The van der Waals surface area contributed by atoms with Gasteiger partial charge in [0.15, 0.2) is 0 Å². The molecule has 2 unspecified atom stereocenters. The molecule has 0 bridgehead atoms. The van der Waals surface area contributed by atoms with Gasteiger partial charge in [-0.15, -0.1) is 0 Å². The van der Waals surface area contributed by atoms with E-state index in [0.717, 1.165) is 18.5 Å². The summed E-state index contributed by atoms with van der Waals surface area (Å²) in [7, 11) is 0. The van der Waals surface area contributed by atoms with Crippen molar-refractivity contribution < 1.29 is 9.18 Å². The molecule has 98 valence electrons. The van der Waals surface area contributed by atoms with Crippen LogP contribution in [-0.4, -0.2) is 25.0 Å². The lowest BCUT2D eigenvalue weighted by molar-refractivity contribution is -0.123. The summed E-state index contributed by atoms with van der Waals surface area (Å²) in [6.45, 7) is 3.53. The van der Waals surface area contributed by atoms with Crippen molar-refractivity contribution in [3.8, 4) is 0 Å². The number of hydrogen-bond acceptors (Lipinski definition) is 2. The van der Waals surface area contributed by atoms with Crippen LogP contribution in [0.25, 0.3) is 0 Å². The maximum atomic E-state index is 13.0. The smallest absolute Gasteiger partial charge is 0.237 e. The van der Waals surface area contributed by atoms with Crippen LogP contribution < -0.4 is 10.6 Å². The predicted octanol–water partition coefficient (Wildman–Crippen LogP) is 1.48. The van der Waals surface area contributed by atoms with Crippen molar-refractivity contribution >= 4 is 5.91 Å². The van der Waals surface area contributed by atoms with Crippen molar-refractivity contribution in [2.75, 3.05) is 13.1 Å². The highest BCUT2D eigenvalue weighted by atomic mass is 19.1. The molecule has 4 heteroatoms. The number of rotatable bonds is 4. The monoisotopic (exact) mass is 250 g/mol. The zero-order valence-electron chi connectivity index (χ0n) is 10.6. The topological polar surface area (TPSA) is 41.1 Å². The van der Waals surface area contributed by atoms with Gasteiger partial charge in [0.2, 0.25) is 5.91 Å². The summed E-state index contributed by atoms with van der Waals surface area (Å²) >= 11 is 0. The summed E-state index contributed by atoms with van der Waals surface area (Å²) in [5.41, 5.74) is 0.905. The Labute approximate surface area is 107 Å². The van der Waals surface area contributed by atoms with E-state index in [2.05, 4.69) is 17.6 Å². The van der Waals surface area contributed by atoms with Gasteiger partial charge in [0.1, 0.15) is 5.82 Å². The summed E-state index contributed by atoms with van der Waals surface area (Å²) in [6.07, 6.45) is 1.70. The highest BCUT2D eigenvalue weighted by Crippen LogP contribution is 2.14. The quantitative estimate of drug-likeness (QED) is 0.850. The first-order valence-corrected chi connectivity index (χ1v) is 6.42. The van der Waals surface area contributed by atoms with Crippen LogP contribution in [0.5, 0.6) is 0 Å². The molecular formula is C14H19FN2O. The second-order valence-electron chi connectivity index (χ2n) is 4.87. The molecule has 1 aliphatic rings. The van der Waals surface area contributed by atoms with Crippen LogP contribution in [0.4, 0.5) is 4.39 Å². The second-order valence-corrected chi connectivity index (χ2v) is 4.87. The van der Waals surface area contributed by atoms with Crippen molar-refractivity contribution in [2.45, 2.75) is 25.8 Å². The van der Waals surface area contributed by atoms with Crippen LogP contribution in [0.1, 0.15) is 18.9 Å². The fraction of sp³-hybridized carbons (Fsp3) is 0.500. The Morgan fingerprint density at radius 3 is 3.06 bits per heavy atom. The molecule has 1 aromatic carbocycles. The van der Waals surface area contributed by atoms with Crippen LogP contribution in [0.3, 0.4) is 0 Å². The largest absolute Gasteiger partial charge is 0.354 e. The van der Waals surface area contributed by atoms with Crippen LogP contribution >= 0.6 is 0 Å². The van der Waals surface area contributed by atoms with E-state index in [9.17, 15) is 9.18 Å². The molecule has 0 radical (unpaired) electrons. The van der Waals surface area contributed by atoms with E-state index in [1.807, 2.05) is 6.07 Å². The average Bonchev–Trinajstić information content (AvgIpc) is 2.75. The van der Waals surface area contributed by atoms with E-state index in [1.165, 1.54) is 12.1 Å². The highest BCUT2D eigenvalue weighted by Gasteiger charge is 2.28. The molecule has 1 fully saturated rings. The van der Waals surface area contributed by atoms with Gasteiger partial charge in [0.05, 0.1) is 6.04 Å². The van der Waals surface area contributed by atoms with E-state index >= 15 is 0 Å². The third kappa shape index (κ3) is 3.29. The zero-order chi connectivity index (χ0) is 13.0. The first-order chi connectivity index (χ1) is 8.66. The van der Waals surface area contributed by atoms with Gasteiger partial charge in [0.25, 0.3) is 0 Å². The van der Waals surface area contributed by atoms with E-state index in [1.54, 1.807) is 6.07 Å². The molecule has 2 rings (SSSR count). The molecule has 1 heterocycles. The first kappa shape index (κ1) is 13.0. The van der Waals surface area contributed by atoms with Gasteiger partial charge in [-0.1, -0.05) is 19.1 Å². The van der Waals surface area contributed by atoms with E-state index in [4.69, 9.17) is 0 Å². The number of hydrogen-bond donors (Lipinski definition) is 2. The van der Waals surface area contributed by atoms with Crippen LogP contribution in [0.15, 0.2) is 24.3 Å². The maximum absolute atomic E-state index is 13.0. The summed E-state index contributed by atoms with van der Waals surface area (Å²) in [5.74, 6) is 0.209. The fourth-order valence-corrected chi connectivity index (χ4v) is 2.32. The molecule has 3 nitrogen and oxygen atoms in total. The minimum atomic E-state index is -0.232. The van der Waals surface area contributed by atoms with Gasteiger partial charge >= 0.3 is 0 Å². The number of halogens is 1. The first-order valence-electron chi connectivity index (χ1n) is 6.42. The van der Waals surface area contributed by atoms with Crippen LogP contribution in [-0.2, 0) is 11.2 Å². The molecule has 0 saturated carbocycles. The highest BCUT2D eigenvalue weighted by molar-refractivity contribution is 5.82. The third-order valence-corrected chi connectivity index (χ3v) is 3.42. The van der Waals surface area contributed by atoms with Crippen LogP contribution in [0, 0.1) is 11.7 Å². The lowest BCUT2D eigenvalue weighted by atomic mass is 10.0. The van der Waals surface area contributed by atoms with E-state index in [0.29, 0.717) is 18.9 Å². The molecule has 2 N–H and O–H groups in total. The molecule has 0 aromatic heterocycles. The number of amides is 1. The molecule has 0 spiro atoms. The summed E-state index contributed by atoms with van der Waals surface area (Å²) < 4.78 is 13.0. The average molecular weight is 250 g/mol. The molecule has 1 aliphatic heterocycles. The normalized spacial score (nSPS) is 23.0. The fourth-order valence-electron chi connectivity index (χ4n) is 2.32. The third-order valence-electron chi connectivity index (χ3n) is 3.42. The Hall–Kier alpha value is -1.42. The van der Waals surface area contributed by atoms with Gasteiger partial charge in [-0.3, -0.25) is 4.79 Å². The lowest BCUT2D eigenvalue weighted by Crippen LogP contribution is -2.43. The van der Waals surface area contributed by atoms with Gasteiger partial charge in [-0.05, 0) is 43.0 Å². The predicted molar refractivity (Wildman–Crippen MR) is 68.7 cm³/mol. The van der Waals surface area contributed by atoms with Crippen molar-refractivity contribution in [1.82, 2.24) is 10.6 Å². The van der Waals surface area contributed by atoms with Crippen molar-refractivity contribution in [3.05, 3.63) is 35.6 Å². The Morgan fingerprint density at radius 1 is 1.56 bits per heavy atom. The summed E-state index contributed by atoms with van der Waals surface area (Å²) in [6, 6.07) is 6.41. The standard InChI is InChI=1S/C14H19FN2O/c1-10-5-7-16-13(10)14(18)17-8-6-11-3-2-4-12(15)9-11/h2-4,9-10,13,16H,5-8H2,1H3,(H,17,18). The minimum Gasteiger partial charge on any atom is -0.354 e. The van der Waals surface area contributed by atoms with Crippen molar-refractivity contribution in [1.29, 1.82) is 0 Å². The number of carbonyl (C=O) groups is 1. The molecule has 18 heavy (non-hydrogen) atoms. The Balaban J connectivity index is 1.77. The van der Waals surface area contributed by atoms with Crippen molar-refractivity contribution in [2.24, 2.45) is 5.92 Å². The van der Waals surface area contributed by atoms with Gasteiger partial charge in [-0.25, -0.2) is 4.39 Å². The minimum absolute atomic E-state index is 0.0522. The second kappa shape index (κ2) is 5.96. The Bertz CT molecular complexity index is 422. The van der Waals surface area contributed by atoms with Crippen LogP contribution in [0.2, 0.25) is 0 Å². The van der Waals surface area contributed by atoms with Crippen molar-refractivity contribution in [3.63, 3.8) is 0 Å². The zero-order valence-corrected chi connectivity index (χ0v) is 10.6. The summed E-state index contributed by atoms with van der Waals surface area (Å²) in [4.78, 5) is 11.9. The molecule has 0 aliphatic carbocycles. The number of carbonyl (C=O) groups excluding carboxylic acids is 1. The Morgan fingerprint density at radius 2 is 2.39 bits per heavy atom. The molecule has 1 amide bonds. The van der Waals surface area contributed by atoms with Gasteiger partial charge < -0.3 is 10.6 Å². The molecule has 2 atom stereocenters.